The van der Waals surface area contributed by atoms with Crippen LogP contribution in [0.2, 0.25) is 0 Å². The van der Waals surface area contributed by atoms with E-state index in [1.807, 2.05) is 0 Å². The predicted molar refractivity (Wildman–Crippen MR) is 83.7 cm³/mol. The van der Waals surface area contributed by atoms with E-state index >= 15 is 0 Å². The second kappa shape index (κ2) is 5.86. The molecule has 1 aromatic carbocycles. The van der Waals surface area contributed by atoms with Crippen molar-refractivity contribution in [1.29, 1.82) is 0 Å². The number of hydrogen-bond acceptors (Lipinski definition) is 3. The minimum absolute atomic E-state index is 0.546. The molecule has 0 amide bonds. The molecule has 0 spiro atoms. The maximum absolute atomic E-state index is 3.55. The molecule has 1 aromatic rings. The van der Waals surface area contributed by atoms with Crippen molar-refractivity contribution in [2.75, 3.05) is 32.4 Å². The SMILES string of the molecule is CSC1(CN2CCNCC2c2ccccc2)CCC1. The van der Waals surface area contributed by atoms with Crippen LogP contribution in [0.1, 0.15) is 30.9 Å². The summed E-state index contributed by atoms with van der Waals surface area (Å²) in [5.74, 6) is 0. The van der Waals surface area contributed by atoms with Gasteiger partial charge in [-0.25, -0.2) is 0 Å². The normalized spacial score (nSPS) is 26.9. The molecule has 0 bridgehead atoms. The Morgan fingerprint density at radius 2 is 2.11 bits per heavy atom. The highest BCUT2D eigenvalue weighted by Crippen LogP contribution is 2.44. The average Bonchev–Trinajstić information content (AvgIpc) is 2.44. The molecule has 1 aliphatic heterocycles. The molecule has 1 atom stereocenters. The van der Waals surface area contributed by atoms with Crippen molar-refractivity contribution in [3.8, 4) is 0 Å². The van der Waals surface area contributed by atoms with Crippen molar-refractivity contribution in [3.63, 3.8) is 0 Å². The van der Waals surface area contributed by atoms with Crippen LogP contribution >= 0.6 is 11.8 Å². The summed E-state index contributed by atoms with van der Waals surface area (Å²) in [7, 11) is 0. The molecule has 1 heterocycles. The number of rotatable bonds is 4. The standard InChI is InChI=1S/C16H24N2S/c1-19-16(8-5-9-16)13-18-11-10-17-12-15(18)14-6-3-2-4-7-14/h2-4,6-7,15,17H,5,8-13H2,1H3. The van der Waals surface area contributed by atoms with Gasteiger partial charge < -0.3 is 5.32 Å². The largest absolute Gasteiger partial charge is 0.314 e. The van der Waals surface area contributed by atoms with Gasteiger partial charge in [0.2, 0.25) is 0 Å². The smallest absolute Gasteiger partial charge is 0.0473 e. The molecule has 3 heteroatoms. The van der Waals surface area contributed by atoms with Crippen LogP contribution in [-0.4, -0.2) is 42.1 Å². The van der Waals surface area contributed by atoms with Crippen molar-refractivity contribution in [3.05, 3.63) is 35.9 Å². The van der Waals surface area contributed by atoms with Gasteiger partial charge in [0.1, 0.15) is 0 Å². The Hall–Kier alpha value is -0.510. The van der Waals surface area contributed by atoms with Gasteiger partial charge in [0.05, 0.1) is 0 Å². The predicted octanol–water partition coefficient (Wildman–Crippen LogP) is 2.92. The van der Waals surface area contributed by atoms with Gasteiger partial charge >= 0.3 is 0 Å². The Morgan fingerprint density at radius 1 is 1.32 bits per heavy atom. The Labute approximate surface area is 121 Å². The van der Waals surface area contributed by atoms with Gasteiger partial charge in [-0.2, -0.15) is 11.8 Å². The number of benzene rings is 1. The molecule has 2 aliphatic rings. The number of nitrogens with one attached hydrogen (secondary N) is 1. The van der Waals surface area contributed by atoms with Crippen LogP contribution in [0, 0.1) is 0 Å². The quantitative estimate of drug-likeness (QED) is 0.910. The van der Waals surface area contributed by atoms with E-state index in [2.05, 4.69) is 58.6 Å². The first-order valence-corrected chi connectivity index (χ1v) is 8.60. The van der Waals surface area contributed by atoms with Crippen molar-refractivity contribution in [2.24, 2.45) is 0 Å². The first kappa shape index (κ1) is 13.5. The van der Waals surface area contributed by atoms with Crippen molar-refractivity contribution >= 4 is 11.8 Å². The first-order valence-electron chi connectivity index (χ1n) is 7.38. The summed E-state index contributed by atoms with van der Waals surface area (Å²) in [6.07, 6.45) is 6.51. The van der Waals surface area contributed by atoms with Crippen LogP contribution in [0.25, 0.3) is 0 Å². The van der Waals surface area contributed by atoms with Crippen molar-refractivity contribution in [1.82, 2.24) is 10.2 Å². The zero-order valence-corrected chi connectivity index (χ0v) is 12.6. The van der Waals surface area contributed by atoms with Crippen LogP contribution in [-0.2, 0) is 0 Å². The van der Waals surface area contributed by atoms with E-state index in [9.17, 15) is 0 Å². The molecule has 1 aliphatic carbocycles. The number of thioether (sulfide) groups is 1. The van der Waals surface area contributed by atoms with Crippen molar-refractivity contribution < 1.29 is 0 Å². The average molecular weight is 276 g/mol. The fourth-order valence-corrected chi connectivity index (χ4v) is 4.30. The highest BCUT2D eigenvalue weighted by atomic mass is 32.2. The Kier molecular flexibility index (Phi) is 4.15. The molecular formula is C16H24N2S. The summed E-state index contributed by atoms with van der Waals surface area (Å²) >= 11 is 2.09. The molecule has 1 saturated carbocycles. The van der Waals surface area contributed by atoms with Gasteiger partial charge in [0.15, 0.2) is 0 Å². The number of hydrogen-bond donors (Lipinski definition) is 1. The van der Waals surface area contributed by atoms with Crippen LogP contribution < -0.4 is 5.32 Å². The summed E-state index contributed by atoms with van der Waals surface area (Å²) in [5, 5.41) is 3.55. The Morgan fingerprint density at radius 3 is 2.74 bits per heavy atom. The van der Waals surface area contributed by atoms with Crippen LogP contribution in [0.15, 0.2) is 30.3 Å². The van der Waals surface area contributed by atoms with Crippen LogP contribution in [0.4, 0.5) is 0 Å². The Balaban J connectivity index is 1.74. The maximum Gasteiger partial charge on any atom is 0.0473 e. The van der Waals surface area contributed by atoms with Gasteiger partial charge in [-0.3, -0.25) is 4.90 Å². The number of nitrogens with zero attached hydrogens (tertiary/aromatic N) is 1. The van der Waals surface area contributed by atoms with E-state index in [4.69, 9.17) is 0 Å². The maximum atomic E-state index is 3.55. The van der Waals surface area contributed by atoms with Gasteiger partial charge in [-0.15, -0.1) is 0 Å². The summed E-state index contributed by atoms with van der Waals surface area (Å²) in [6, 6.07) is 11.5. The van der Waals surface area contributed by atoms with E-state index < -0.39 is 0 Å². The van der Waals surface area contributed by atoms with E-state index in [0.29, 0.717) is 10.8 Å². The molecule has 2 nitrogen and oxygen atoms in total. The fraction of sp³-hybridized carbons (Fsp3) is 0.625. The fourth-order valence-electron chi connectivity index (χ4n) is 3.31. The Bertz CT molecular complexity index is 397. The summed E-state index contributed by atoms with van der Waals surface area (Å²) in [4.78, 5) is 2.71. The third-order valence-corrected chi connectivity index (χ3v) is 6.13. The van der Waals surface area contributed by atoms with E-state index in [1.54, 1.807) is 0 Å². The molecule has 3 rings (SSSR count). The first-order chi connectivity index (χ1) is 9.33. The third kappa shape index (κ3) is 2.83. The minimum Gasteiger partial charge on any atom is -0.314 e. The van der Waals surface area contributed by atoms with E-state index in [1.165, 1.54) is 37.9 Å². The molecule has 1 unspecified atom stereocenters. The molecular weight excluding hydrogens is 252 g/mol. The molecule has 1 saturated heterocycles. The lowest BCUT2D eigenvalue weighted by atomic mass is 9.83. The molecule has 0 aromatic heterocycles. The monoisotopic (exact) mass is 276 g/mol. The van der Waals surface area contributed by atoms with Crippen molar-refractivity contribution in [2.45, 2.75) is 30.1 Å². The van der Waals surface area contributed by atoms with Gasteiger partial charge in [0, 0.05) is 37.0 Å². The lowest BCUT2D eigenvalue weighted by molar-refractivity contribution is 0.125. The molecule has 1 N–H and O–H groups in total. The third-order valence-electron chi connectivity index (χ3n) is 4.73. The second-order valence-electron chi connectivity index (χ2n) is 5.84. The molecule has 2 fully saturated rings. The van der Waals surface area contributed by atoms with E-state index in [-0.39, 0.29) is 0 Å². The van der Waals surface area contributed by atoms with Gasteiger partial charge in [-0.05, 0) is 24.7 Å². The molecule has 0 radical (unpaired) electrons. The molecule has 104 valence electrons. The summed E-state index contributed by atoms with van der Waals surface area (Å²) in [5.41, 5.74) is 1.46. The van der Waals surface area contributed by atoms with E-state index in [0.717, 1.165) is 13.1 Å². The van der Waals surface area contributed by atoms with Gasteiger partial charge in [-0.1, -0.05) is 36.8 Å². The number of piperazine rings is 1. The summed E-state index contributed by atoms with van der Waals surface area (Å²) in [6.45, 7) is 4.67. The topological polar surface area (TPSA) is 15.3 Å². The lowest BCUT2D eigenvalue weighted by Gasteiger charge is -2.47. The highest BCUT2D eigenvalue weighted by Gasteiger charge is 2.39. The molecule has 19 heavy (non-hydrogen) atoms. The zero-order chi connectivity index (χ0) is 13.1. The summed E-state index contributed by atoms with van der Waals surface area (Å²) < 4.78 is 0.546. The lowest BCUT2D eigenvalue weighted by Crippen LogP contribution is -2.53. The van der Waals surface area contributed by atoms with Crippen LogP contribution in [0.5, 0.6) is 0 Å². The highest BCUT2D eigenvalue weighted by molar-refractivity contribution is 8.00. The minimum atomic E-state index is 0.546. The second-order valence-corrected chi connectivity index (χ2v) is 7.12. The zero-order valence-electron chi connectivity index (χ0n) is 11.8. The van der Waals surface area contributed by atoms with Gasteiger partial charge in [0.25, 0.3) is 0 Å². The van der Waals surface area contributed by atoms with Crippen LogP contribution in [0.3, 0.4) is 0 Å².